The standard InChI is InChI=1S/C27H27ClN4O4S/c1-15-11-16(2)13-21(12-15)37(35,36)25-22-14-20(28)5-6-23(22)32-24(25)27(34)31-18(4)26(33)30-17(3)19-7-9-29-10-8-19/h5-14,17-18,32H,1-4H3,(H,30,33)(H,31,34). The van der Waals surface area contributed by atoms with Crippen LogP contribution in [0.15, 0.2) is 70.7 Å². The van der Waals surface area contributed by atoms with Gasteiger partial charge in [-0.1, -0.05) is 17.7 Å². The molecule has 0 aliphatic heterocycles. The molecule has 10 heteroatoms. The van der Waals surface area contributed by atoms with Crippen LogP contribution in [0, 0.1) is 13.8 Å². The van der Waals surface area contributed by atoms with Crippen LogP contribution in [0.25, 0.3) is 10.9 Å². The predicted molar refractivity (Wildman–Crippen MR) is 142 cm³/mol. The van der Waals surface area contributed by atoms with E-state index in [0.29, 0.717) is 15.9 Å². The van der Waals surface area contributed by atoms with Gasteiger partial charge in [0.15, 0.2) is 0 Å². The molecule has 0 fully saturated rings. The maximum atomic E-state index is 13.8. The quantitative estimate of drug-likeness (QED) is 0.316. The van der Waals surface area contributed by atoms with Crippen molar-refractivity contribution in [1.82, 2.24) is 20.6 Å². The third-order valence-electron chi connectivity index (χ3n) is 6.02. The number of aromatic amines is 1. The van der Waals surface area contributed by atoms with E-state index in [-0.39, 0.29) is 21.5 Å². The van der Waals surface area contributed by atoms with Gasteiger partial charge in [0.05, 0.1) is 10.9 Å². The molecule has 2 aromatic heterocycles. The summed E-state index contributed by atoms with van der Waals surface area (Å²) in [6.45, 7) is 6.96. The van der Waals surface area contributed by atoms with E-state index < -0.39 is 27.7 Å². The fraction of sp³-hybridized carbons (Fsp3) is 0.222. The second-order valence-electron chi connectivity index (χ2n) is 9.05. The number of benzene rings is 2. The summed E-state index contributed by atoms with van der Waals surface area (Å²) in [6, 6.07) is 12.0. The Bertz CT molecular complexity index is 1580. The van der Waals surface area contributed by atoms with E-state index in [1.807, 2.05) is 13.0 Å². The highest BCUT2D eigenvalue weighted by molar-refractivity contribution is 7.91. The Morgan fingerprint density at radius 3 is 2.24 bits per heavy atom. The molecule has 2 atom stereocenters. The van der Waals surface area contributed by atoms with Crippen molar-refractivity contribution in [3.05, 3.63) is 88.3 Å². The Kier molecular flexibility index (Phi) is 7.38. The number of carbonyl (C=O) groups is 2. The van der Waals surface area contributed by atoms with E-state index in [4.69, 9.17) is 11.6 Å². The first kappa shape index (κ1) is 26.4. The van der Waals surface area contributed by atoms with Crippen LogP contribution in [0.5, 0.6) is 0 Å². The van der Waals surface area contributed by atoms with Crippen LogP contribution in [-0.2, 0) is 14.6 Å². The number of amides is 2. The normalized spacial score (nSPS) is 13.2. The molecule has 2 unspecified atom stereocenters. The molecule has 0 saturated carbocycles. The van der Waals surface area contributed by atoms with Crippen LogP contribution in [-0.4, -0.2) is 36.2 Å². The van der Waals surface area contributed by atoms with Crippen LogP contribution in [0.3, 0.4) is 0 Å². The van der Waals surface area contributed by atoms with Crippen molar-refractivity contribution in [3.63, 3.8) is 0 Å². The number of sulfone groups is 1. The molecule has 4 rings (SSSR count). The zero-order chi connectivity index (χ0) is 26.9. The number of rotatable bonds is 7. The van der Waals surface area contributed by atoms with Crippen molar-refractivity contribution < 1.29 is 18.0 Å². The number of hydrogen-bond donors (Lipinski definition) is 3. The summed E-state index contributed by atoms with van der Waals surface area (Å²) in [5.74, 6) is -1.15. The molecule has 0 bridgehead atoms. The first-order valence-corrected chi connectivity index (χ1v) is 13.5. The molecule has 0 aliphatic rings. The van der Waals surface area contributed by atoms with Crippen molar-refractivity contribution in [2.24, 2.45) is 0 Å². The maximum Gasteiger partial charge on any atom is 0.269 e. The Balaban J connectivity index is 1.68. The Morgan fingerprint density at radius 1 is 0.946 bits per heavy atom. The van der Waals surface area contributed by atoms with E-state index >= 15 is 0 Å². The highest BCUT2D eigenvalue weighted by atomic mass is 35.5. The highest BCUT2D eigenvalue weighted by Crippen LogP contribution is 2.34. The van der Waals surface area contributed by atoms with E-state index in [9.17, 15) is 18.0 Å². The molecular weight excluding hydrogens is 512 g/mol. The lowest BCUT2D eigenvalue weighted by atomic mass is 10.1. The zero-order valence-corrected chi connectivity index (χ0v) is 22.4. The van der Waals surface area contributed by atoms with Gasteiger partial charge in [-0.2, -0.15) is 0 Å². The minimum absolute atomic E-state index is 0.0666. The lowest BCUT2D eigenvalue weighted by Gasteiger charge is -2.19. The van der Waals surface area contributed by atoms with Gasteiger partial charge in [0.1, 0.15) is 16.6 Å². The van der Waals surface area contributed by atoms with Crippen molar-refractivity contribution in [2.45, 2.75) is 49.6 Å². The average Bonchev–Trinajstić information content (AvgIpc) is 3.23. The Hall–Kier alpha value is -3.69. The molecule has 8 nitrogen and oxygen atoms in total. The van der Waals surface area contributed by atoms with Gasteiger partial charge >= 0.3 is 0 Å². The van der Waals surface area contributed by atoms with Crippen molar-refractivity contribution in [1.29, 1.82) is 0 Å². The van der Waals surface area contributed by atoms with Crippen molar-refractivity contribution in [3.8, 4) is 0 Å². The van der Waals surface area contributed by atoms with Gasteiger partial charge in [-0.3, -0.25) is 14.6 Å². The van der Waals surface area contributed by atoms with Crippen LogP contribution >= 0.6 is 11.6 Å². The molecule has 3 N–H and O–H groups in total. The van der Waals surface area contributed by atoms with Crippen LogP contribution in [0.1, 0.15) is 47.1 Å². The second kappa shape index (κ2) is 10.4. The molecule has 4 aromatic rings. The van der Waals surface area contributed by atoms with Crippen LogP contribution < -0.4 is 10.6 Å². The lowest BCUT2D eigenvalue weighted by molar-refractivity contribution is -0.123. The number of H-pyrrole nitrogens is 1. The van der Waals surface area contributed by atoms with Crippen molar-refractivity contribution >= 4 is 44.2 Å². The summed E-state index contributed by atoms with van der Waals surface area (Å²) in [4.78, 5) is 32.9. The Morgan fingerprint density at radius 2 is 1.59 bits per heavy atom. The average molecular weight is 539 g/mol. The first-order valence-electron chi connectivity index (χ1n) is 11.6. The van der Waals surface area contributed by atoms with Crippen LogP contribution in [0.2, 0.25) is 5.02 Å². The van der Waals surface area contributed by atoms with Gasteiger partial charge in [0.2, 0.25) is 15.7 Å². The van der Waals surface area contributed by atoms with Gasteiger partial charge in [0, 0.05) is 28.3 Å². The van der Waals surface area contributed by atoms with Crippen molar-refractivity contribution in [2.75, 3.05) is 0 Å². The van der Waals surface area contributed by atoms with E-state index in [0.717, 1.165) is 16.7 Å². The first-order chi connectivity index (χ1) is 17.5. The van der Waals surface area contributed by atoms with Gasteiger partial charge < -0.3 is 15.6 Å². The Labute approximate surface area is 220 Å². The number of aryl methyl sites for hydroxylation is 2. The van der Waals surface area contributed by atoms with E-state index in [1.165, 1.54) is 13.0 Å². The van der Waals surface area contributed by atoms with E-state index in [1.54, 1.807) is 62.6 Å². The SMILES string of the molecule is Cc1cc(C)cc(S(=O)(=O)c2c(C(=O)NC(C)C(=O)NC(C)c3ccncc3)[nH]c3ccc(Cl)cc23)c1. The van der Waals surface area contributed by atoms with Gasteiger partial charge in [-0.25, -0.2) is 8.42 Å². The second-order valence-corrected chi connectivity index (χ2v) is 11.4. The maximum absolute atomic E-state index is 13.8. The minimum atomic E-state index is -4.13. The number of nitrogens with one attached hydrogen (secondary N) is 3. The number of carbonyl (C=O) groups excluding carboxylic acids is 2. The minimum Gasteiger partial charge on any atom is -0.349 e. The topological polar surface area (TPSA) is 121 Å². The number of nitrogens with zero attached hydrogens (tertiary/aromatic N) is 1. The fourth-order valence-electron chi connectivity index (χ4n) is 4.19. The monoisotopic (exact) mass is 538 g/mol. The molecule has 2 amide bonds. The molecule has 2 aromatic carbocycles. The van der Waals surface area contributed by atoms with Gasteiger partial charge in [0.25, 0.3) is 5.91 Å². The molecule has 0 aliphatic carbocycles. The third-order valence-corrected chi connectivity index (χ3v) is 8.07. The molecular formula is C27H27ClN4O4S. The largest absolute Gasteiger partial charge is 0.349 e. The third kappa shape index (κ3) is 5.52. The van der Waals surface area contributed by atoms with Gasteiger partial charge in [-0.15, -0.1) is 0 Å². The number of aromatic nitrogens is 2. The van der Waals surface area contributed by atoms with Gasteiger partial charge in [-0.05, 0) is 86.8 Å². The number of pyridine rings is 1. The molecule has 37 heavy (non-hydrogen) atoms. The summed E-state index contributed by atoms with van der Waals surface area (Å²) in [7, 11) is -4.13. The zero-order valence-electron chi connectivity index (χ0n) is 20.8. The number of hydrogen-bond acceptors (Lipinski definition) is 5. The summed E-state index contributed by atoms with van der Waals surface area (Å²) in [5, 5.41) is 6.08. The molecule has 0 radical (unpaired) electrons. The predicted octanol–water partition coefficient (Wildman–Crippen LogP) is 4.66. The summed E-state index contributed by atoms with van der Waals surface area (Å²) in [6.07, 6.45) is 3.26. The smallest absolute Gasteiger partial charge is 0.269 e. The van der Waals surface area contributed by atoms with E-state index in [2.05, 4.69) is 20.6 Å². The number of fused-ring (bicyclic) bond motifs is 1. The van der Waals surface area contributed by atoms with Crippen LogP contribution in [0.4, 0.5) is 0 Å². The summed E-state index contributed by atoms with van der Waals surface area (Å²) < 4.78 is 27.7. The summed E-state index contributed by atoms with van der Waals surface area (Å²) in [5.41, 5.74) is 2.67. The number of halogens is 1. The fourth-order valence-corrected chi connectivity index (χ4v) is 6.15. The molecule has 192 valence electrons. The highest BCUT2D eigenvalue weighted by Gasteiger charge is 2.31. The summed E-state index contributed by atoms with van der Waals surface area (Å²) >= 11 is 6.18. The lowest BCUT2D eigenvalue weighted by Crippen LogP contribution is -2.45. The molecule has 2 heterocycles. The molecule has 0 saturated heterocycles. The molecule has 0 spiro atoms.